The molecule has 0 radical (unpaired) electrons. The van der Waals surface area contributed by atoms with E-state index in [4.69, 9.17) is 18.9 Å². The molecule has 2 aromatic heterocycles. The van der Waals surface area contributed by atoms with Gasteiger partial charge in [0.15, 0.2) is 11.4 Å². The molecule has 14 nitrogen and oxygen atoms in total. The van der Waals surface area contributed by atoms with E-state index in [9.17, 15) is 19.2 Å². The Bertz CT molecular complexity index is 1450. The van der Waals surface area contributed by atoms with E-state index in [1.54, 1.807) is 28.3 Å². The fourth-order valence-electron chi connectivity index (χ4n) is 5.38. The van der Waals surface area contributed by atoms with Crippen molar-refractivity contribution in [3.63, 3.8) is 0 Å². The molecule has 0 saturated carbocycles. The molecule has 2 amide bonds. The monoisotopic (exact) mass is 674 g/mol. The van der Waals surface area contributed by atoms with E-state index in [0.717, 1.165) is 22.5 Å². The van der Waals surface area contributed by atoms with Gasteiger partial charge in [0.2, 0.25) is 0 Å². The summed E-state index contributed by atoms with van der Waals surface area (Å²) >= 11 is 0. The van der Waals surface area contributed by atoms with Crippen molar-refractivity contribution in [2.24, 2.45) is 0 Å². The smallest absolute Gasteiger partial charge is 0.410 e. The molecule has 48 heavy (non-hydrogen) atoms. The highest BCUT2D eigenvalue weighted by molar-refractivity contribution is 5.90. The highest BCUT2D eigenvalue weighted by Crippen LogP contribution is 2.28. The summed E-state index contributed by atoms with van der Waals surface area (Å²) in [6.45, 7) is 24.8. The van der Waals surface area contributed by atoms with Gasteiger partial charge in [0.1, 0.15) is 11.2 Å². The lowest BCUT2D eigenvalue weighted by atomic mass is 10.0. The van der Waals surface area contributed by atoms with Crippen molar-refractivity contribution in [3.8, 4) is 0 Å². The number of ether oxygens (including phenoxy) is 4. The molecular formula is C34H54N6O8. The third-order valence-corrected chi connectivity index (χ3v) is 7.36. The Labute approximate surface area is 284 Å². The second kappa shape index (κ2) is 15.4. The van der Waals surface area contributed by atoms with Gasteiger partial charge in [-0.15, -0.1) is 0 Å². The highest BCUT2D eigenvalue weighted by Gasteiger charge is 2.34. The van der Waals surface area contributed by atoms with E-state index in [-0.39, 0.29) is 30.9 Å². The van der Waals surface area contributed by atoms with Crippen LogP contribution in [0.3, 0.4) is 0 Å². The first-order valence-electron chi connectivity index (χ1n) is 16.8. The summed E-state index contributed by atoms with van der Waals surface area (Å²) in [4.78, 5) is 52.5. The number of fused-ring (bicyclic) bond motifs is 2. The summed E-state index contributed by atoms with van der Waals surface area (Å²) in [6.07, 6.45) is 0.486. The van der Waals surface area contributed by atoms with Crippen LogP contribution in [0.4, 0.5) is 9.59 Å². The molecule has 0 atom stereocenters. The normalized spacial score (nSPS) is 14.5. The summed E-state index contributed by atoms with van der Waals surface area (Å²) in [5.74, 6) is -0.842. The third-order valence-electron chi connectivity index (χ3n) is 7.36. The summed E-state index contributed by atoms with van der Waals surface area (Å²) in [5, 5.41) is 9.00. The van der Waals surface area contributed by atoms with E-state index in [1.165, 1.54) is 0 Å². The number of hydrogen-bond donors (Lipinski definition) is 0. The van der Waals surface area contributed by atoms with Crippen LogP contribution in [-0.2, 0) is 44.9 Å². The lowest BCUT2D eigenvalue weighted by Gasteiger charge is -2.30. The SMILES string of the molecule is CCOC(=O)c1c2c(nn1C(C)C)CCN(C(=O)OC(C)(C)C)C2.CCOC(=O)c1nn(C(C)C)c2c1CN(C(=O)OC(C)(C)C)CC2. The van der Waals surface area contributed by atoms with Gasteiger partial charge in [-0.25, -0.2) is 19.2 Å². The van der Waals surface area contributed by atoms with Crippen molar-refractivity contribution >= 4 is 24.1 Å². The molecule has 2 aliphatic heterocycles. The quantitative estimate of drug-likeness (QED) is 0.269. The molecule has 2 aromatic rings. The molecule has 2 aliphatic rings. The van der Waals surface area contributed by atoms with E-state index in [2.05, 4.69) is 10.2 Å². The van der Waals surface area contributed by atoms with E-state index < -0.39 is 23.1 Å². The number of rotatable bonds is 6. The Kier molecular flexibility index (Phi) is 12.3. The van der Waals surface area contributed by atoms with Gasteiger partial charge >= 0.3 is 24.1 Å². The van der Waals surface area contributed by atoms with Crippen molar-refractivity contribution in [3.05, 3.63) is 33.9 Å². The van der Waals surface area contributed by atoms with Gasteiger partial charge in [-0.1, -0.05) is 0 Å². The van der Waals surface area contributed by atoms with Crippen LogP contribution in [0.2, 0.25) is 0 Å². The zero-order valence-corrected chi connectivity index (χ0v) is 30.8. The molecule has 0 aromatic carbocycles. The van der Waals surface area contributed by atoms with Crippen molar-refractivity contribution in [2.75, 3.05) is 26.3 Å². The summed E-state index contributed by atoms with van der Waals surface area (Å²) in [5.41, 5.74) is 3.01. The Hall–Kier alpha value is -4.10. The van der Waals surface area contributed by atoms with Crippen LogP contribution in [0.15, 0.2) is 0 Å². The molecule has 268 valence electrons. The predicted octanol–water partition coefficient (Wildman–Crippen LogP) is 5.87. The first kappa shape index (κ1) is 38.3. The van der Waals surface area contributed by atoms with Gasteiger partial charge in [-0.3, -0.25) is 9.36 Å². The van der Waals surface area contributed by atoms with Gasteiger partial charge < -0.3 is 28.7 Å². The fourth-order valence-corrected chi connectivity index (χ4v) is 5.38. The molecule has 0 fully saturated rings. The minimum Gasteiger partial charge on any atom is -0.461 e. The molecule has 14 heteroatoms. The highest BCUT2D eigenvalue weighted by atomic mass is 16.6. The molecule has 4 heterocycles. The second-order valence-electron chi connectivity index (χ2n) is 14.4. The summed E-state index contributed by atoms with van der Waals surface area (Å²) in [7, 11) is 0. The van der Waals surface area contributed by atoms with Crippen molar-refractivity contribution in [2.45, 2.75) is 132 Å². The number of amides is 2. The molecular weight excluding hydrogens is 620 g/mol. The van der Waals surface area contributed by atoms with Crippen LogP contribution >= 0.6 is 0 Å². The average Bonchev–Trinajstić information content (AvgIpc) is 3.55. The van der Waals surface area contributed by atoms with Crippen molar-refractivity contribution in [1.29, 1.82) is 0 Å². The van der Waals surface area contributed by atoms with Crippen LogP contribution < -0.4 is 0 Å². The molecule has 0 bridgehead atoms. The number of esters is 2. The molecule has 0 unspecified atom stereocenters. The standard InChI is InChI=1S/2C17H27N3O4/c1-7-23-15(21)14-12-10-19(16(22)24-17(4,5)6)9-8-13(12)20(18-14)11(2)3;1-7-23-15(21)14-12-10-19(16(22)24-17(4,5)6)9-8-13(12)18-20(14)11(2)3/h2*11H,7-10H2,1-6H3. The maximum absolute atomic E-state index is 12.4. The number of nitrogens with zero attached hydrogens (tertiary/aromatic N) is 6. The van der Waals surface area contributed by atoms with Gasteiger partial charge in [0.25, 0.3) is 0 Å². The number of hydrogen-bond acceptors (Lipinski definition) is 10. The maximum Gasteiger partial charge on any atom is 0.410 e. The topological polar surface area (TPSA) is 147 Å². The number of carbonyl (C=O) groups is 4. The Balaban J connectivity index is 0.000000260. The number of aromatic nitrogens is 4. The predicted molar refractivity (Wildman–Crippen MR) is 178 cm³/mol. The maximum atomic E-state index is 12.4. The minimum absolute atomic E-state index is 0.0324. The lowest BCUT2D eigenvalue weighted by Crippen LogP contribution is -2.40. The van der Waals surface area contributed by atoms with E-state index in [0.29, 0.717) is 57.0 Å². The van der Waals surface area contributed by atoms with Gasteiger partial charge in [0.05, 0.1) is 32.0 Å². The first-order valence-corrected chi connectivity index (χ1v) is 16.8. The average molecular weight is 675 g/mol. The van der Waals surface area contributed by atoms with Crippen molar-refractivity contribution < 1.29 is 38.1 Å². The molecule has 0 saturated heterocycles. The molecule has 0 aliphatic carbocycles. The van der Waals surface area contributed by atoms with Crippen LogP contribution in [0.25, 0.3) is 0 Å². The van der Waals surface area contributed by atoms with E-state index >= 15 is 0 Å². The fraction of sp³-hybridized carbons (Fsp3) is 0.706. The van der Waals surface area contributed by atoms with Crippen LogP contribution in [-0.4, -0.2) is 91.0 Å². The van der Waals surface area contributed by atoms with E-state index in [1.807, 2.05) is 73.9 Å². The third kappa shape index (κ3) is 9.50. The Morgan fingerprint density at radius 1 is 0.688 bits per heavy atom. The van der Waals surface area contributed by atoms with Gasteiger partial charge in [0, 0.05) is 54.8 Å². The van der Waals surface area contributed by atoms with Crippen LogP contribution in [0, 0.1) is 0 Å². The second-order valence-corrected chi connectivity index (χ2v) is 14.4. The van der Waals surface area contributed by atoms with Crippen LogP contribution in [0.5, 0.6) is 0 Å². The molecule has 0 N–H and O–H groups in total. The Morgan fingerprint density at radius 2 is 1.17 bits per heavy atom. The summed E-state index contributed by atoms with van der Waals surface area (Å²) in [6, 6.07) is 0.167. The van der Waals surface area contributed by atoms with Gasteiger partial charge in [-0.05, 0) is 83.1 Å². The summed E-state index contributed by atoms with van der Waals surface area (Å²) < 4.78 is 24.7. The zero-order chi connectivity index (χ0) is 36.1. The zero-order valence-electron chi connectivity index (χ0n) is 30.8. The van der Waals surface area contributed by atoms with Gasteiger partial charge in [-0.2, -0.15) is 10.2 Å². The first-order chi connectivity index (χ1) is 22.3. The minimum atomic E-state index is -0.552. The Morgan fingerprint density at radius 3 is 1.65 bits per heavy atom. The largest absolute Gasteiger partial charge is 0.461 e. The lowest BCUT2D eigenvalue weighted by molar-refractivity contribution is 0.0211. The van der Waals surface area contributed by atoms with Crippen LogP contribution in [0.1, 0.15) is 139 Å². The van der Waals surface area contributed by atoms with Crippen molar-refractivity contribution in [1.82, 2.24) is 29.4 Å². The number of carbonyl (C=O) groups excluding carboxylic acids is 4. The molecule has 0 spiro atoms. The molecule has 4 rings (SSSR count).